The van der Waals surface area contributed by atoms with Gasteiger partial charge in [-0.25, -0.2) is 0 Å². The number of carbonyl (C=O) groups excluding carboxylic acids is 4. The van der Waals surface area contributed by atoms with Crippen molar-refractivity contribution in [2.24, 2.45) is 5.41 Å². The van der Waals surface area contributed by atoms with Gasteiger partial charge < -0.3 is 29.6 Å². The lowest BCUT2D eigenvalue weighted by molar-refractivity contribution is -0.144. The molecular weight excluding hydrogens is 614 g/mol. The third-order valence-corrected chi connectivity index (χ3v) is 9.63. The Morgan fingerprint density at radius 2 is 1.38 bits per heavy atom. The molecule has 1 aliphatic heterocycles. The zero-order chi connectivity index (χ0) is 36.1. The number of carbonyl (C=O) groups is 4. The van der Waals surface area contributed by atoms with Crippen molar-refractivity contribution in [3.63, 3.8) is 0 Å². The second-order valence-corrected chi connectivity index (χ2v) is 14.7. The van der Waals surface area contributed by atoms with Gasteiger partial charge in [0.25, 0.3) is 0 Å². The molecule has 0 saturated carbocycles. The topological polar surface area (TPSA) is 132 Å². The number of nitrogens with zero attached hydrogens (tertiary/aromatic N) is 1. The summed E-state index contributed by atoms with van der Waals surface area (Å²) in [7, 11) is 1.68. The Morgan fingerprint density at radius 1 is 0.750 bits per heavy atom. The zero-order valence-corrected chi connectivity index (χ0v) is 31.6. The van der Waals surface area contributed by atoms with Gasteiger partial charge in [0.1, 0.15) is 6.61 Å². The summed E-state index contributed by atoms with van der Waals surface area (Å²) in [5.74, 6) is -0.567. The van der Waals surface area contributed by atoms with Crippen LogP contribution in [0.2, 0.25) is 0 Å². The van der Waals surface area contributed by atoms with E-state index < -0.39 is 17.1 Å². The van der Waals surface area contributed by atoms with Crippen LogP contribution in [0.15, 0.2) is 0 Å². The maximum Gasteiger partial charge on any atom is 0.305 e. The summed E-state index contributed by atoms with van der Waals surface area (Å²) in [4.78, 5) is 53.2. The SMILES string of the molecule is CCC(C)(CC)C(=O)C(CCCCNC(=O)CCOC(C)(C)CCOC(C)(C)CCOC)NC(=O)CCCC(=O)OCCN1CCCC1. The minimum atomic E-state index is -0.601. The molecule has 48 heavy (non-hydrogen) atoms. The smallest absolute Gasteiger partial charge is 0.305 e. The van der Waals surface area contributed by atoms with Crippen molar-refractivity contribution in [3.8, 4) is 0 Å². The van der Waals surface area contributed by atoms with E-state index in [1.807, 2.05) is 48.5 Å². The molecule has 1 rings (SSSR count). The molecule has 0 aromatic rings. The van der Waals surface area contributed by atoms with Crippen molar-refractivity contribution in [2.75, 3.05) is 59.7 Å². The van der Waals surface area contributed by atoms with Gasteiger partial charge in [-0.15, -0.1) is 0 Å². The van der Waals surface area contributed by atoms with Gasteiger partial charge in [0.05, 0.1) is 30.5 Å². The number of rotatable bonds is 28. The molecule has 2 amide bonds. The molecule has 280 valence electrons. The van der Waals surface area contributed by atoms with Crippen molar-refractivity contribution in [3.05, 3.63) is 0 Å². The van der Waals surface area contributed by atoms with Crippen molar-refractivity contribution >= 4 is 23.6 Å². The van der Waals surface area contributed by atoms with Crippen LogP contribution in [-0.4, -0.2) is 105 Å². The normalized spacial score (nSPS) is 14.9. The maximum absolute atomic E-state index is 13.5. The molecule has 11 heteroatoms. The average Bonchev–Trinajstić information content (AvgIpc) is 3.55. The van der Waals surface area contributed by atoms with Crippen molar-refractivity contribution in [1.82, 2.24) is 15.5 Å². The van der Waals surface area contributed by atoms with Crippen LogP contribution in [0.25, 0.3) is 0 Å². The first kappa shape index (κ1) is 43.9. The van der Waals surface area contributed by atoms with Crippen LogP contribution in [0.1, 0.15) is 132 Å². The van der Waals surface area contributed by atoms with E-state index in [1.165, 1.54) is 12.8 Å². The number of methoxy groups -OCH3 is 1. The van der Waals surface area contributed by atoms with Crippen LogP contribution in [0, 0.1) is 5.41 Å². The highest BCUT2D eigenvalue weighted by Gasteiger charge is 2.35. The van der Waals surface area contributed by atoms with E-state index in [0.29, 0.717) is 77.9 Å². The summed E-state index contributed by atoms with van der Waals surface area (Å²) in [5, 5.41) is 5.90. The van der Waals surface area contributed by atoms with E-state index in [2.05, 4.69) is 15.5 Å². The predicted molar refractivity (Wildman–Crippen MR) is 189 cm³/mol. The number of nitrogens with one attached hydrogen (secondary N) is 2. The van der Waals surface area contributed by atoms with E-state index in [1.54, 1.807) is 7.11 Å². The number of hydrogen-bond acceptors (Lipinski definition) is 9. The molecule has 0 radical (unpaired) electrons. The molecule has 0 aromatic carbocycles. The first-order chi connectivity index (χ1) is 22.7. The summed E-state index contributed by atoms with van der Waals surface area (Å²) in [6, 6.07) is -0.601. The number of ether oxygens (including phenoxy) is 4. The third-order valence-electron chi connectivity index (χ3n) is 9.63. The number of ketones is 1. The standard InChI is InChI=1S/C37H69N3O8/c1-9-37(7,10-2)34(44)30(39-32(42)17-15-18-33(43)46-29-25-40-23-13-14-24-40)16-11-12-22-38-31(41)19-26-47-36(5,6)21-28-48-35(3,4)20-27-45-8/h30H,9-29H2,1-8H3,(H,38,41)(H,39,42). The molecule has 1 atom stereocenters. The van der Waals surface area contributed by atoms with E-state index in [9.17, 15) is 19.2 Å². The van der Waals surface area contributed by atoms with E-state index in [-0.39, 0.29) is 48.4 Å². The fourth-order valence-electron chi connectivity index (χ4n) is 5.59. The lowest BCUT2D eigenvalue weighted by Crippen LogP contribution is -2.47. The first-order valence-corrected chi connectivity index (χ1v) is 18.4. The number of Topliss-reactive ketones (excluding diaryl/α,β-unsaturated/α-hetero) is 1. The lowest BCUT2D eigenvalue weighted by atomic mass is 9.76. The molecule has 1 unspecified atom stereocenters. The van der Waals surface area contributed by atoms with Crippen LogP contribution < -0.4 is 10.6 Å². The molecule has 1 saturated heterocycles. The summed E-state index contributed by atoms with van der Waals surface area (Å²) in [6.07, 6.45) is 8.12. The quantitative estimate of drug-likeness (QED) is 0.0825. The Labute approximate surface area is 291 Å². The average molecular weight is 684 g/mol. The number of hydrogen-bond donors (Lipinski definition) is 2. The van der Waals surface area contributed by atoms with Crippen molar-refractivity contribution in [1.29, 1.82) is 0 Å². The molecule has 1 heterocycles. The summed E-state index contributed by atoms with van der Waals surface area (Å²) in [5.41, 5.74) is -1.20. The largest absolute Gasteiger partial charge is 0.464 e. The second-order valence-electron chi connectivity index (χ2n) is 14.7. The minimum Gasteiger partial charge on any atom is -0.464 e. The molecule has 1 fully saturated rings. The Balaban J connectivity index is 2.39. The van der Waals surface area contributed by atoms with Crippen LogP contribution in [0.3, 0.4) is 0 Å². The summed E-state index contributed by atoms with van der Waals surface area (Å²) in [6.45, 7) is 19.3. The van der Waals surface area contributed by atoms with Gasteiger partial charge in [-0.2, -0.15) is 0 Å². The van der Waals surface area contributed by atoms with Gasteiger partial charge in [-0.1, -0.05) is 20.8 Å². The number of unbranched alkanes of at least 4 members (excludes halogenated alkanes) is 1. The molecule has 2 N–H and O–H groups in total. The van der Waals surface area contributed by atoms with E-state index in [0.717, 1.165) is 26.1 Å². The molecule has 0 bridgehead atoms. The predicted octanol–water partition coefficient (Wildman–Crippen LogP) is 5.37. The highest BCUT2D eigenvalue weighted by atomic mass is 16.5. The summed E-state index contributed by atoms with van der Waals surface area (Å²) >= 11 is 0. The molecule has 0 aromatic heterocycles. The van der Waals surface area contributed by atoms with Gasteiger partial charge in [-0.05, 0) is 105 Å². The van der Waals surface area contributed by atoms with Gasteiger partial charge in [0, 0.05) is 51.5 Å². The fraction of sp³-hybridized carbons (Fsp3) is 0.892. The van der Waals surface area contributed by atoms with Crippen molar-refractivity contribution < 1.29 is 38.1 Å². The first-order valence-electron chi connectivity index (χ1n) is 18.4. The van der Waals surface area contributed by atoms with Crippen LogP contribution in [-0.2, 0) is 38.1 Å². The molecule has 0 aliphatic carbocycles. The molecule has 0 spiro atoms. The van der Waals surface area contributed by atoms with Crippen LogP contribution >= 0.6 is 0 Å². The zero-order valence-electron chi connectivity index (χ0n) is 31.6. The lowest BCUT2D eigenvalue weighted by Gasteiger charge is -2.30. The highest BCUT2D eigenvalue weighted by molar-refractivity contribution is 5.92. The number of esters is 1. The minimum absolute atomic E-state index is 0.0370. The Kier molecular flexibility index (Phi) is 21.4. The molecular formula is C37H69N3O8. The molecule has 1 aliphatic rings. The molecule has 11 nitrogen and oxygen atoms in total. The Hall–Kier alpha value is -2.08. The third kappa shape index (κ3) is 19.2. The van der Waals surface area contributed by atoms with Crippen molar-refractivity contribution in [2.45, 2.75) is 149 Å². The number of amides is 2. The highest BCUT2D eigenvalue weighted by Crippen LogP contribution is 2.29. The van der Waals surface area contributed by atoms with Gasteiger partial charge >= 0.3 is 5.97 Å². The maximum atomic E-state index is 13.5. The van der Waals surface area contributed by atoms with E-state index >= 15 is 0 Å². The fourth-order valence-corrected chi connectivity index (χ4v) is 5.59. The summed E-state index contributed by atoms with van der Waals surface area (Å²) < 4.78 is 22.5. The van der Waals surface area contributed by atoms with Gasteiger partial charge in [-0.3, -0.25) is 24.1 Å². The Morgan fingerprint density at radius 3 is 2.00 bits per heavy atom. The van der Waals surface area contributed by atoms with Gasteiger partial charge in [0.15, 0.2) is 5.78 Å². The van der Waals surface area contributed by atoms with E-state index in [4.69, 9.17) is 18.9 Å². The number of likely N-dealkylation sites (tertiary alicyclic amines) is 1. The monoisotopic (exact) mass is 684 g/mol. The second kappa shape index (κ2) is 23.3. The van der Waals surface area contributed by atoms with Crippen LogP contribution in [0.4, 0.5) is 0 Å². The van der Waals surface area contributed by atoms with Crippen LogP contribution in [0.5, 0.6) is 0 Å². The Bertz CT molecular complexity index is 945. The van der Waals surface area contributed by atoms with Gasteiger partial charge in [0.2, 0.25) is 11.8 Å².